The van der Waals surface area contributed by atoms with Crippen molar-refractivity contribution in [3.63, 3.8) is 0 Å². The summed E-state index contributed by atoms with van der Waals surface area (Å²) in [6.45, 7) is 2.65. The van der Waals surface area contributed by atoms with Crippen LogP contribution < -0.4 is 5.32 Å². The number of carboxylic acid groups (broad SMARTS) is 1. The SMILES string of the molecule is C[C@@H](Nc1nc(C(=O)O)nc2nc(Cc3ccccc3)n(Cc3ccc(Cl)cc3)c12)C1CC1. The Morgan fingerprint density at radius 3 is 2.48 bits per heavy atom. The molecule has 168 valence electrons. The molecule has 0 bridgehead atoms. The number of benzene rings is 2. The Bertz CT molecular complexity index is 1300. The number of aromatic nitrogens is 4. The maximum atomic E-state index is 11.7. The van der Waals surface area contributed by atoms with Crippen LogP contribution in [-0.4, -0.2) is 36.6 Å². The first-order valence-corrected chi connectivity index (χ1v) is 11.4. The molecule has 1 fully saturated rings. The number of fused-ring (bicyclic) bond motifs is 1. The van der Waals surface area contributed by atoms with Gasteiger partial charge in [-0.25, -0.2) is 19.7 Å². The molecule has 33 heavy (non-hydrogen) atoms. The lowest BCUT2D eigenvalue weighted by atomic mass is 10.1. The van der Waals surface area contributed by atoms with E-state index in [0.29, 0.717) is 40.9 Å². The predicted molar refractivity (Wildman–Crippen MR) is 128 cm³/mol. The molecule has 1 saturated carbocycles. The summed E-state index contributed by atoms with van der Waals surface area (Å²) in [4.78, 5) is 25.2. The number of nitrogens with one attached hydrogen (secondary N) is 1. The van der Waals surface area contributed by atoms with Gasteiger partial charge < -0.3 is 15.0 Å². The van der Waals surface area contributed by atoms with Crippen molar-refractivity contribution in [3.8, 4) is 0 Å². The highest BCUT2D eigenvalue weighted by Crippen LogP contribution is 2.35. The molecule has 0 spiro atoms. The van der Waals surface area contributed by atoms with Gasteiger partial charge >= 0.3 is 5.97 Å². The molecule has 7 nitrogen and oxygen atoms in total. The molecular weight excluding hydrogens is 438 g/mol. The number of hydrogen-bond donors (Lipinski definition) is 2. The monoisotopic (exact) mass is 461 g/mol. The lowest BCUT2D eigenvalue weighted by Crippen LogP contribution is -2.20. The fourth-order valence-electron chi connectivity index (χ4n) is 4.06. The molecule has 0 aliphatic heterocycles. The van der Waals surface area contributed by atoms with E-state index >= 15 is 0 Å². The number of imidazole rings is 1. The number of anilines is 1. The summed E-state index contributed by atoms with van der Waals surface area (Å²) < 4.78 is 2.08. The van der Waals surface area contributed by atoms with Crippen molar-refractivity contribution in [2.24, 2.45) is 5.92 Å². The average Bonchev–Trinajstić information content (AvgIpc) is 3.60. The molecule has 8 heteroatoms. The van der Waals surface area contributed by atoms with E-state index in [9.17, 15) is 9.90 Å². The highest BCUT2D eigenvalue weighted by molar-refractivity contribution is 6.30. The van der Waals surface area contributed by atoms with E-state index in [-0.39, 0.29) is 11.9 Å². The molecule has 0 amide bonds. The van der Waals surface area contributed by atoms with Crippen LogP contribution in [-0.2, 0) is 13.0 Å². The molecule has 2 aromatic carbocycles. The molecule has 1 aliphatic rings. The summed E-state index contributed by atoms with van der Waals surface area (Å²) in [6.07, 6.45) is 2.92. The van der Waals surface area contributed by atoms with Crippen molar-refractivity contribution in [3.05, 3.63) is 82.4 Å². The van der Waals surface area contributed by atoms with E-state index in [0.717, 1.165) is 29.8 Å². The van der Waals surface area contributed by atoms with Gasteiger partial charge in [0.15, 0.2) is 11.5 Å². The molecule has 2 aromatic heterocycles. The fraction of sp³-hybridized carbons (Fsp3) is 0.280. The van der Waals surface area contributed by atoms with Gasteiger partial charge in [-0.05, 0) is 48.9 Å². The summed E-state index contributed by atoms with van der Waals surface area (Å²) in [7, 11) is 0. The van der Waals surface area contributed by atoms with Crippen LogP contribution in [0.3, 0.4) is 0 Å². The third kappa shape index (κ3) is 4.68. The summed E-state index contributed by atoms with van der Waals surface area (Å²) >= 11 is 6.09. The number of nitrogens with zero attached hydrogens (tertiary/aromatic N) is 4. The lowest BCUT2D eigenvalue weighted by molar-refractivity contribution is 0.0684. The highest BCUT2D eigenvalue weighted by Gasteiger charge is 2.30. The zero-order valence-corrected chi connectivity index (χ0v) is 19.0. The van der Waals surface area contributed by atoms with E-state index in [1.54, 1.807) is 0 Å². The molecule has 0 saturated heterocycles. The van der Waals surface area contributed by atoms with Crippen LogP contribution >= 0.6 is 11.6 Å². The van der Waals surface area contributed by atoms with Gasteiger partial charge in [0.05, 0.1) is 0 Å². The Morgan fingerprint density at radius 1 is 1.09 bits per heavy atom. The van der Waals surface area contributed by atoms with Crippen molar-refractivity contribution < 1.29 is 9.90 Å². The standard InChI is InChI=1S/C25H24ClN5O2/c1-15(18-9-10-18)27-22-21-23(30-24(29-22)25(32)33)28-20(13-16-5-3-2-4-6-16)31(21)14-17-7-11-19(26)12-8-17/h2-8,11-12,15,18H,9-10,13-14H2,1H3,(H,32,33)(H,27,29,30)/t15-/m1/s1. The first-order valence-electron chi connectivity index (χ1n) is 11.0. The van der Waals surface area contributed by atoms with Crippen LogP contribution in [0.4, 0.5) is 5.82 Å². The van der Waals surface area contributed by atoms with Crippen molar-refractivity contribution in [2.45, 2.75) is 38.8 Å². The summed E-state index contributed by atoms with van der Waals surface area (Å²) in [5.41, 5.74) is 3.26. The van der Waals surface area contributed by atoms with Gasteiger partial charge in [-0.3, -0.25) is 0 Å². The third-order valence-electron chi connectivity index (χ3n) is 6.03. The van der Waals surface area contributed by atoms with Crippen LogP contribution in [0, 0.1) is 5.92 Å². The summed E-state index contributed by atoms with van der Waals surface area (Å²) in [6, 6.07) is 17.9. The van der Waals surface area contributed by atoms with E-state index < -0.39 is 5.97 Å². The van der Waals surface area contributed by atoms with E-state index in [4.69, 9.17) is 16.6 Å². The van der Waals surface area contributed by atoms with Crippen LogP contribution in [0.2, 0.25) is 5.02 Å². The van der Waals surface area contributed by atoms with Crippen molar-refractivity contribution in [1.29, 1.82) is 0 Å². The Labute approximate surface area is 196 Å². The summed E-state index contributed by atoms with van der Waals surface area (Å²) in [5.74, 6) is 0.452. The van der Waals surface area contributed by atoms with E-state index in [1.807, 2.05) is 42.5 Å². The highest BCUT2D eigenvalue weighted by atomic mass is 35.5. The zero-order chi connectivity index (χ0) is 22.9. The minimum absolute atomic E-state index is 0.182. The summed E-state index contributed by atoms with van der Waals surface area (Å²) in [5, 5.41) is 13.7. The Hall–Kier alpha value is -3.45. The minimum Gasteiger partial charge on any atom is -0.475 e. The molecule has 2 heterocycles. The molecular formula is C25H24ClN5O2. The van der Waals surface area contributed by atoms with Crippen LogP contribution in [0.15, 0.2) is 54.6 Å². The number of halogens is 1. The van der Waals surface area contributed by atoms with E-state index in [2.05, 4.69) is 38.9 Å². The van der Waals surface area contributed by atoms with E-state index in [1.165, 1.54) is 0 Å². The molecule has 0 radical (unpaired) electrons. The molecule has 1 aliphatic carbocycles. The van der Waals surface area contributed by atoms with Gasteiger partial charge in [-0.15, -0.1) is 0 Å². The van der Waals surface area contributed by atoms with Crippen molar-refractivity contribution in [2.75, 3.05) is 5.32 Å². The number of carboxylic acids is 1. The molecule has 5 rings (SSSR count). The van der Waals surface area contributed by atoms with Gasteiger partial charge in [0.1, 0.15) is 11.3 Å². The molecule has 2 N–H and O–H groups in total. The Balaban J connectivity index is 1.66. The van der Waals surface area contributed by atoms with Crippen molar-refractivity contribution >= 4 is 34.6 Å². The number of carbonyl (C=O) groups is 1. The predicted octanol–water partition coefficient (Wildman–Crippen LogP) is 5.03. The lowest BCUT2D eigenvalue weighted by Gasteiger charge is -2.17. The van der Waals surface area contributed by atoms with Gasteiger partial charge in [0.2, 0.25) is 5.82 Å². The Morgan fingerprint density at radius 2 is 1.82 bits per heavy atom. The first kappa shape index (κ1) is 21.4. The smallest absolute Gasteiger partial charge is 0.374 e. The topological polar surface area (TPSA) is 92.9 Å². The number of hydrogen-bond acceptors (Lipinski definition) is 5. The maximum absolute atomic E-state index is 11.7. The van der Waals surface area contributed by atoms with Crippen molar-refractivity contribution in [1.82, 2.24) is 19.5 Å². The Kier molecular flexibility index (Phi) is 5.72. The average molecular weight is 462 g/mol. The molecule has 0 unspecified atom stereocenters. The van der Waals surface area contributed by atoms with Crippen LogP contribution in [0.25, 0.3) is 11.2 Å². The second kappa shape index (κ2) is 8.83. The second-order valence-corrected chi connectivity index (χ2v) is 8.98. The zero-order valence-electron chi connectivity index (χ0n) is 18.2. The maximum Gasteiger partial charge on any atom is 0.374 e. The van der Waals surface area contributed by atoms with Gasteiger partial charge in [0.25, 0.3) is 0 Å². The fourth-order valence-corrected chi connectivity index (χ4v) is 4.19. The van der Waals surface area contributed by atoms with Gasteiger partial charge in [0, 0.05) is 24.0 Å². The number of rotatable bonds is 8. The largest absolute Gasteiger partial charge is 0.475 e. The van der Waals surface area contributed by atoms with Crippen LogP contribution in [0.5, 0.6) is 0 Å². The van der Waals surface area contributed by atoms with Crippen LogP contribution in [0.1, 0.15) is 47.3 Å². The first-order chi connectivity index (χ1) is 16.0. The quantitative estimate of drug-likeness (QED) is 0.382. The third-order valence-corrected chi connectivity index (χ3v) is 6.28. The second-order valence-electron chi connectivity index (χ2n) is 8.55. The van der Waals surface area contributed by atoms with Gasteiger partial charge in [-0.2, -0.15) is 0 Å². The van der Waals surface area contributed by atoms with Gasteiger partial charge in [-0.1, -0.05) is 54.1 Å². The minimum atomic E-state index is -1.17. The molecule has 1 atom stereocenters. The normalized spacial score (nSPS) is 14.4. The number of aromatic carboxylic acids is 1. The molecule has 4 aromatic rings.